The molecule has 1 heterocycles. The van der Waals surface area contributed by atoms with Gasteiger partial charge in [0.25, 0.3) is 11.6 Å². The van der Waals surface area contributed by atoms with Gasteiger partial charge in [-0.1, -0.05) is 6.42 Å². The van der Waals surface area contributed by atoms with Crippen LogP contribution in [0.25, 0.3) is 0 Å². The Morgan fingerprint density at radius 2 is 2.00 bits per heavy atom. The fourth-order valence-corrected chi connectivity index (χ4v) is 3.48. The molecule has 128 valence electrons. The van der Waals surface area contributed by atoms with E-state index in [1.807, 2.05) is 5.32 Å². The lowest BCUT2D eigenvalue weighted by Crippen LogP contribution is -3.03. The van der Waals surface area contributed by atoms with Gasteiger partial charge in [0.15, 0.2) is 6.04 Å². The van der Waals surface area contributed by atoms with E-state index in [-0.39, 0.29) is 30.0 Å². The van der Waals surface area contributed by atoms with Crippen LogP contribution >= 0.6 is 0 Å². The van der Waals surface area contributed by atoms with Crippen LogP contribution in [0.3, 0.4) is 0 Å². The molecule has 0 radical (unpaired) electrons. The summed E-state index contributed by atoms with van der Waals surface area (Å²) in [5, 5.41) is 18.4. The highest BCUT2D eigenvalue weighted by molar-refractivity contribution is 5.95. The highest BCUT2D eigenvalue weighted by Gasteiger charge is 2.40. The van der Waals surface area contributed by atoms with Gasteiger partial charge in [-0.2, -0.15) is 0 Å². The molecule has 0 spiro atoms. The lowest BCUT2D eigenvalue weighted by Gasteiger charge is -2.37. The number of nitro benzene ring substituents is 1. The summed E-state index contributed by atoms with van der Waals surface area (Å²) in [5.41, 5.74) is 0.452. The molecule has 2 fully saturated rings. The molecule has 8 heteroatoms. The van der Waals surface area contributed by atoms with Crippen molar-refractivity contribution in [1.82, 2.24) is 5.32 Å². The molecule has 8 nitrogen and oxygen atoms in total. The molecule has 0 bridgehead atoms. The molecule has 3 atom stereocenters. The summed E-state index contributed by atoms with van der Waals surface area (Å²) in [6.45, 7) is 0. The fraction of sp³-hybridized carbons (Fsp3) is 0.500. The van der Waals surface area contributed by atoms with Crippen molar-refractivity contribution in [2.45, 2.75) is 50.2 Å². The highest BCUT2D eigenvalue weighted by atomic mass is 16.6. The number of non-ortho nitro benzene ring substituents is 1. The van der Waals surface area contributed by atoms with Gasteiger partial charge in [-0.3, -0.25) is 19.7 Å². The summed E-state index contributed by atoms with van der Waals surface area (Å²) in [7, 11) is 0. The van der Waals surface area contributed by atoms with Gasteiger partial charge in [0, 0.05) is 24.2 Å². The molecule has 1 saturated carbocycles. The zero-order valence-electron chi connectivity index (χ0n) is 13.2. The van der Waals surface area contributed by atoms with Gasteiger partial charge < -0.3 is 16.0 Å². The molecule has 2 amide bonds. The molecular formula is C16H21N4O4+. The van der Waals surface area contributed by atoms with Gasteiger partial charge in [-0.15, -0.1) is 0 Å². The van der Waals surface area contributed by atoms with Gasteiger partial charge in [-0.25, -0.2) is 0 Å². The van der Waals surface area contributed by atoms with Gasteiger partial charge >= 0.3 is 0 Å². The number of carbonyl (C=O) groups excluding carboxylic acids is 2. The summed E-state index contributed by atoms with van der Waals surface area (Å²) < 4.78 is 0. The molecule has 1 saturated heterocycles. The number of anilines is 1. The predicted octanol–water partition coefficient (Wildman–Crippen LogP) is 0.296. The summed E-state index contributed by atoms with van der Waals surface area (Å²) in [4.78, 5) is 34.4. The average molecular weight is 333 g/mol. The maximum absolute atomic E-state index is 12.2. The Kier molecular flexibility index (Phi) is 4.75. The molecule has 1 aliphatic carbocycles. The van der Waals surface area contributed by atoms with E-state index in [0.717, 1.165) is 25.7 Å². The molecule has 24 heavy (non-hydrogen) atoms. The first-order valence-electron chi connectivity index (χ1n) is 8.22. The third-order valence-corrected chi connectivity index (χ3v) is 4.73. The van der Waals surface area contributed by atoms with Crippen molar-refractivity contribution < 1.29 is 19.8 Å². The van der Waals surface area contributed by atoms with Crippen LogP contribution < -0.4 is 16.0 Å². The summed E-state index contributed by atoms with van der Waals surface area (Å²) in [5.74, 6) is -0.355. The van der Waals surface area contributed by atoms with Crippen LogP contribution in [0.1, 0.15) is 32.1 Å². The van der Waals surface area contributed by atoms with E-state index >= 15 is 0 Å². The number of nitrogens with zero attached hydrogens (tertiary/aromatic N) is 1. The molecule has 1 aromatic carbocycles. The number of carbonyl (C=O) groups is 2. The molecule has 1 aromatic rings. The molecule has 1 aliphatic heterocycles. The van der Waals surface area contributed by atoms with E-state index in [0.29, 0.717) is 11.7 Å². The minimum atomic E-state index is -0.493. The van der Waals surface area contributed by atoms with Gasteiger partial charge in [0.05, 0.1) is 17.4 Å². The molecule has 3 rings (SSSR count). The lowest BCUT2D eigenvalue weighted by atomic mass is 9.87. The second-order valence-electron chi connectivity index (χ2n) is 6.42. The van der Waals surface area contributed by atoms with E-state index in [1.165, 1.54) is 24.3 Å². The Labute approximate surface area is 139 Å². The van der Waals surface area contributed by atoms with Crippen LogP contribution in [0.2, 0.25) is 0 Å². The number of piperazine rings is 1. The normalized spacial score (nSPS) is 26.2. The molecule has 0 aromatic heterocycles. The first-order chi connectivity index (χ1) is 11.5. The Balaban J connectivity index is 1.56. The van der Waals surface area contributed by atoms with E-state index in [4.69, 9.17) is 0 Å². The summed E-state index contributed by atoms with van der Waals surface area (Å²) >= 11 is 0. The van der Waals surface area contributed by atoms with Crippen molar-refractivity contribution >= 4 is 23.2 Å². The van der Waals surface area contributed by atoms with Crippen LogP contribution in [-0.2, 0) is 9.59 Å². The average Bonchev–Trinajstić information content (AvgIpc) is 2.56. The molecule has 2 aliphatic rings. The molecule has 0 unspecified atom stereocenters. The third-order valence-electron chi connectivity index (χ3n) is 4.73. The second-order valence-corrected chi connectivity index (χ2v) is 6.42. The topological polar surface area (TPSA) is 118 Å². The maximum atomic E-state index is 12.2. The Bertz CT molecular complexity index is 646. The van der Waals surface area contributed by atoms with Crippen LogP contribution in [-0.4, -0.2) is 34.9 Å². The summed E-state index contributed by atoms with van der Waals surface area (Å²) in [6.07, 6.45) is 4.46. The number of nitrogens with one attached hydrogen (secondary N) is 2. The van der Waals surface area contributed by atoms with E-state index in [9.17, 15) is 19.7 Å². The summed E-state index contributed by atoms with van der Waals surface area (Å²) in [6, 6.07) is 5.80. The van der Waals surface area contributed by atoms with Crippen LogP contribution in [0.4, 0.5) is 11.4 Å². The number of quaternary nitrogens is 1. The minimum Gasteiger partial charge on any atom is -0.342 e. The van der Waals surface area contributed by atoms with Gasteiger partial charge in [0.1, 0.15) is 6.04 Å². The number of hydrogen-bond acceptors (Lipinski definition) is 4. The standard InChI is InChI=1S/C16H20N4O4/c21-15(17-10-5-7-11(8-6-10)20(23)24)9-14-16(22)19-13-4-2-1-3-12(13)18-14/h5-8,12-14,18H,1-4,9H2,(H,17,21)(H,19,22)/p+1/t12-,13+,14-/m1/s1. The number of nitro groups is 1. The van der Waals surface area contributed by atoms with Crippen molar-refractivity contribution in [2.24, 2.45) is 0 Å². The SMILES string of the molecule is O=C(C[C@H]1[NH2+][C@@H]2CCCC[C@@H]2NC1=O)Nc1ccc([N+](=O)[O-])cc1. The van der Waals surface area contributed by atoms with E-state index in [1.54, 1.807) is 0 Å². The van der Waals surface area contributed by atoms with Crippen LogP contribution in [0, 0.1) is 10.1 Å². The van der Waals surface area contributed by atoms with Crippen LogP contribution in [0.15, 0.2) is 24.3 Å². The van der Waals surface area contributed by atoms with Crippen molar-refractivity contribution in [1.29, 1.82) is 0 Å². The van der Waals surface area contributed by atoms with Crippen molar-refractivity contribution in [3.05, 3.63) is 34.4 Å². The number of hydrogen-bond donors (Lipinski definition) is 3. The predicted molar refractivity (Wildman–Crippen MR) is 86.2 cm³/mol. The van der Waals surface area contributed by atoms with Crippen LogP contribution in [0.5, 0.6) is 0 Å². The van der Waals surface area contributed by atoms with Crippen molar-refractivity contribution in [3.63, 3.8) is 0 Å². The van der Waals surface area contributed by atoms with Crippen molar-refractivity contribution in [3.8, 4) is 0 Å². The first kappa shape index (κ1) is 16.4. The minimum absolute atomic E-state index is 0.0312. The second kappa shape index (κ2) is 6.96. The fourth-order valence-electron chi connectivity index (χ4n) is 3.48. The number of benzene rings is 1. The zero-order valence-corrected chi connectivity index (χ0v) is 13.2. The largest absolute Gasteiger partial charge is 0.342 e. The smallest absolute Gasteiger partial charge is 0.279 e. The maximum Gasteiger partial charge on any atom is 0.279 e. The highest BCUT2D eigenvalue weighted by Crippen LogP contribution is 2.19. The number of nitrogens with two attached hydrogens (primary N) is 1. The number of fused-ring (bicyclic) bond motifs is 1. The van der Waals surface area contributed by atoms with Gasteiger partial charge in [-0.05, 0) is 25.0 Å². The quantitative estimate of drug-likeness (QED) is 0.542. The first-order valence-corrected chi connectivity index (χ1v) is 8.22. The monoisotopic (exact) mass is 333 g/mol. The number of amides is 2. The Hall–Kier alpha value is -2.48. The van der Waals surface area contributed by atoms with E-state index < -0.39 is 11.0 Å². The van der Waals surface area contributed by atoms with E-state index in [2.05, 4.69) is 10.6 Å². The third kappa shape index (κ3) is 3.70. The molecule has 4 N–H and O–H groups in total. The van der Waals surface area contributed by atoms with Gasteiger partial charge in [0.2, 0.25) is 5.91 Å². The number of rotatable bonds is 4. The van der Waals surface area contributed by atoms with Crippen molar-refractivity contribution in [2.75, 3.05) is 5.32 Å². The zero-order chi connectivity index (χ0) is 17.1. The molecular weight excluding hydrogens is 312 g/mol. The Morgan fingerprint density at radius 3 is 2.71 bits per heavy atom. The lowest BCUT2D eigenvalue weighted by molar-refractivity contribution is -0.718. The Morgan fingerprint density at radius 1 is 1.29 bits per heavy atom.